The molecule has 52 heavy (non-hydrogen) atoms. The maximum absolute atomic E-state index is 16.8. The number of ether oxygens (including phenoxy) is 1. The van der Waals surface area contributed by atoms with Crippen LogP contribution in [0.15, 0.2) is 102 Å². The molecule has 2 bridgehead atoms. The van der Waals surface area contributed by atoms with Gasteiger partial charge in [0, 0.05) is 28.8 Å². The third kappa shape index (κ3) is 5.90. The van der Waals surface area contributed by atoms with Crippen LogP contribution in [0.2, 0.25) is 0 Å². The molecule has 2 atom stereocenters. The monoisotopic (exact) mass is 719 g/mol. The van der Waals surface area contributed by atoms with Crippen LogP contribution >= 0.6 is 0 Å². The average Bonchev–Trinajstić information content (AvgIpc) is 3.56. The molecule has 2 unspecified atom stereocenters. The van der Waals surface area contributed by atoms with Gasteiger partial charge in [0.05, 0.1) is 24.1 Å². The largest absolute Gasteiger partial charge is 0.469 e. The Morgan fingerprint density at radius 3 is 2.21 bits per heavy atom. The Hall–Kier alpha value is -5.49. The van der Waals surface area contributed by atoms with E-state index in [1.54, 1.807) is 24.3 Å². The second-order valence-corrected chi connectivity index (χ2v) is 15.4. The lowest BCUT2D eigenvalue weighted by Gasteiger charge is -2.47. The minimum Gasteiger partial charge on any atom is -0.469 e. The summed E-state index contributed by atoms with van der Waals surface area (Å²) in [7, 11) is -2.85. The van der Waals surface area contributed by atoms with E-state index in [-0.39, 0.29) is 56.6 Å². The van der Waals surface area contributed by atoms with Crippen molar-refractivity contribution >= 4 is 32.8 Å². The Bertz CT molecular complexity index is 2410. The number of rotatable bonds is 8. The van der Waals surface area contributed by atoms with Gasteiger partial charge in [0.15, 0.2) is 23.1 Å². The van der Waals surface area contributed by atoms with Crippen molar-refractivity contribution in [3.8, 4) is 33.8 Å². The SMILES string of the molecule is COC(=O)C1C2CCC(CC2)C1Nc1nc(-c2cn(S(=O)(=O)c3ccc(C)cc3)c3ncc(F)cc23)nc(-c2ccc(-c3ccccc3)cc2)c1F. The number of esters is 1. The van der Waals surface area contributed by atoms with Crippen molar-refractivity contribution in [2.75, 3.05) is 12.4 Å². The van der Waals surface area contributed by atoms with Crippen LogP contribution in [0.25, 0.3) is 44.8 Å². The van der Waals surface area contributed by atoms with Gasteiger partial charge in [0.2, 0.25) is 0 Å². The molecule has 3 saturated carbocycles. The highest BCUT2D eigenvalue weighted by Gasteiger charge is 2.48. The smallest absolute Gasteiger partial charge is 0.311 e. The van der Waals surface area contributed by atoms with Gasteiger partial charge in [-0.15, -0.1) is 0 Å². The quantitative estimate of drug-likeness (QED) is 0.157. The molecule has 3 aliphatic carbocycles. The Morgan fingerprint density at radius 2 is 1.52 bits per heavy atom. The number of methoxy groups -OCH3 is 1. The van der Waals surface area contributed by atoms with Gasteiger partial charge >= 0.3 is 5.97 Å². The number of anilines is 1. The van der Waals surface area contributed by atoms with Crippen LogP contribution in [0.5, 0.6) is 0 Å². The summed E-state index contributed by atoms with van der Waals surface area (Å²) < 4.78 is 65.8. The minimum absolute atomic E-state index is 0.00968. The molecular formula is C40H35F2N5O4S. The highest BCUT2D eigenvalue weighted by atomic mass is 32.2. The van der Waals surface area contributed by atoms with E-state index < -0.39 is 33.6 Å². The van der Waals surface area contributed by atoms with E-state index in [0.717, 1.165) is 52.5 Å². The molecule has 3 aliphatic rings. The first-order valence-corrected chi connectivity index (χ1v) is 18.6. The molecule has 0 radical (unpaired) electrons. The number of hydrogen-bond acceptors (Lipinski definition) is 8. The number of pyridine rings is 1. The predicted octanol–water partition coefficient (Wildman–Crippen LogP) is 8.04. The summed E-state index contributed by atoms with van der Waals surface area (Å²) in [4.78, 5) is 26.6. The number of hydrogen-bond donors (Lipinski definition) is 1. The van der Waals surface area contributed by atoms with E-state index in [9.17, 15) is 17.6 Å². The number of carbonyl (C=O) groups excluding carboxylic acids is 1. The van der Waals surface area contributed by atoms with Crippen molar-refractivity contribution in [3.05, 3.63) is 115 Å². The molecule has 3 aromatic carbocycles. The summed E-state index contributed by atoms with van der Waals surface area (Å²) in [5.41, 5.74) is 3.28. The molecule has 9 nitrogen and oxygen atoms in total. The molecule has 0 spiro atoms. The minimum atomic E-state index is -4.21. The van der Waals surface area contributed by atoms with E-state index in [0.29, 0.717) is 5.56 Å². The molecule has 12 heteroatoms. The molecule has 6 aromatic rings. The van der Waals surface area contributed by atoms with Crippen molar-refractivity contribution in [1.29, 1.82) is 0 Å². The van der Waals surface area contributed by atoms with Crippen LogP contribution < -0.4 is 5.32 Å². The fourth-order valence-electron chi connectivity index (χ4n) is 7.83. The summed E-state index contributed by atoms with van der Waals surface area (Å²) in [6, 6.07) is 24.1. The second kappa shape index (κ2) is 13.2. The van der Waals surface area contributed by atoms with Crippen molar-refractivity contribution in [1.82, 2.24) is 18.9 Å². The number of halogens is 2. The Labute approximate surface area is 299 Å². The van der Waals surface area contributed by atoms with Crippen LogP contribution in [0, 0.1) is 36.3 Å². The van der Waals surface area contributed by atoms with Crippen LogP contribution in [0.1, 0.15) is 31.2 Å². The van der Waals surface area contributed by atoms with E-state index in [1.165, 1.54) is 31.5 Å². The number of aryl methyl sites for hydroxylation is 1. The van der Waals surface area contributed by atoms with E-state index >= 15 is 4.39 Å². The summed E-state index contributed by atoms with van der Waals surface area (Å²) in [6.45, 7) is 1.85. The topological polar surface area (TPSA) is 116 Å². The lowest BCUT2D eigenvalue weighted by molar-refractivity contribution is -0.152. The molecule has 3 aromatic heterocycles. The molecule has 264 valence electrons. The van der Waals surface area contributed by atoms with Gasteiger partial charge in [0.1, 0.15) is 11.5 Å². The maximum Gasteiger partial charge on any atom is 0.311 e. The lowest BCUT2D eigenvalue weighted by Crippen LogP contribution is -2.52. The standard InChI is InChI=1S/C40H35F2N5O4S/c1-23-8-18-30(19-9-23)52(49,50)47-22-32(31-20-29(41)21-43-39(31)47)37-45-36(28-14-10-25(11-15-28)24-6-4-3-5-7-24)34(42)38(46-37)44-35-27-16-12-26(13-17-27)33(35)40(48)51-2/h3-11,14-15,18-22,26-27,33,35H,12-13,16-17H2,1-2H3,(H,44,45,46). The number of fused-ring (bicyclic) bond motifs is 4. The maximum atomic E-state index is 16.8. The van der Waals surface area contributed by atoms with E-state index in [4.69, 9.17) is 4.74 Å². The fourth-order valence-corrected chi connectivity index (χ4v) is 9.16. The predicted molar refractivity (Wildman–Crippen MR) is 194 cm³/mol. The van der Waals surface area contributed by atoms with Gasteiger partial charge < -0.3 is 10.1 Å². The molecule has 0 amide bonds. The molecule has 9 rings (SSSR count). The summed E-state index contributed by atoms with van der Waals surface area (Å²) in [6.07, 6.45) is 5.75. The van der Waals surface area contributed by atoms with Crippen LogP contribution in [0.3, 0.4) is 0 Å². The van der Waals surface area contributed by atoms with Crippen LogP contribution in [-0.4, -0.2) is 46.5 Å². The second-order valence-electron chi connectivity index (χ2n) is 13.6. The normalized spacial score (nSPS) is 19.8. The number of nitrogens with one attached hydrogen (secondary N) is 1. The van der Waals surface area contributed by atoms with Gasteiger partial charge in [-0.25, -0.2) is 36.1 Å². The lowest BCUT2D eigenvalue weighted by atomic mass is 9.61. The summed E-state index contributed by atoms with van der Waals surface area (Å²) in [5.74, 6) is -2.31. The molecule has 1 N–H and O–H groups in total. The van der Waals surface area contributed by atoms with Crippen molar-refractivity contribution in [2.45, 2.75) is 43.5 Å². The van der Waals surface area contributed by atoms with Gasteiger partial charge in [0.25, 0.3) is 10.0 Å². The van der Waals surface area contributed by atoms with E-state index in [2.05, 4.69) is 20.3 Å². The summed E-state index contributed by atoms with van der Waals surface area (Å²) in [5, 5.41) is 3.42. The first-order valence-electron chi connectivity index (χ1n) is 17.2. The average molecular weight is 720 g/mol. The van der Waals surface area contributed by atoms with Crippen LogP contribution in [0.4, 0.5) is 14.6 Å². The third-order valence-corrected chi connectivity index (χ3v) is 12.2. The first kappa shape index (κ1) is 33.6. The molecule has 0 aliphatic heterocycles. The summed E-state index contributed by atoms with van der Waals surface area (Å²) >= 11 is 0. The number of carbonyl (C=O) groups is 1. The number of nitrogens with zero attached hydrogens (tertiary/aromatic N) is 4. The highest BCUT2D eigenvalue weighted by molar-refractivity contribution is 7.90. The number of aromatic nitrogens is 4. The van der Waals surface area contributed by atoms with Crippen LogP contribution in [-0.2, 0) is 19.6 Å². The Kier molecular flexibility index (Phi) is 8.57. The highest BCUT2D eigenvalue weighted by Crippen LogP contribution is 2.47. The Morgan fingerprint density at radius 1 is 0.865 bits per heavy atom. The Balaban J connectivity index is 1.31. The zero-order chi connectivity index (χ0) is 36.1. The van der Waals surface area contributed by atoms with Gasteiger partial charge in [-0.3, -0.25) is 4.79 Å². The van der Waals surface area contributed by atoms with Crippen molar-refractivity contribution < 1.29 is 26.7 Å². The van der Waals surface area contributed by atoms with Gasteiger partial charge in [-0.05, 0) is 73.8 Å². The molecule has 3 heterocycles. The third-order valence-electron chi connectivity index (χ3n) is 10.5. The van der Waals surface area contributed by atoms with E-state index in [1.807, 2.05) is 49.4 Å². The number of benzene rings is 3. The van der Waals surface area contributed by atoms with Crippen molar-refractivity contribution in [3.63, 3.8) is 0 Å². The van der Waals surface area contributed by atoms with Gasteiger partial charge in [-0.1, -0.05) is 72.3 Å². The molecular weight excluding hydrogens is 685 g/mol. The fraction of sp³-hybridized carbons (Fsp3) is 0.250. The van der Waals surface area contributed by atoms with Gasteiger partial charge in [-0.2, -0.15) is 0 Å². The van der Waals surface area contributed by atoms with Crippen molar-refractivity contribution in [2.24, 2.45) is 17.8 Å². The zero-order valence-corrected chi connectivity index (χ0v) is 29.3. The zero-order valence-electron chi connectivity index (χ0n) is 28.5. The first-order chi connectivity index (χ1) is 25.1. The molecule has 3 fully saturated rings. The molecule has 0 saturated heterocycles.